The van der Waals surface area contributed by atoms with Gasteiger partial charge in [-0.05, 0) is 51.5 Å². The topological polar surface area (TPSA) is 92.3 Å². The molecule has 1 atom stereocenters. The Hall–Kier alpha value is -2.59. The highest BCUT2D eigenvalue weighted by molar-refractivity contribution is 7.16. The van der Waals surface area contributed by atoms with Crippen LogP contribution in [0, 0.1) is 38.0 Å². The number of hydrogen-bond donors (Lipinski definition) is 1. The fourth-order valence-corrected chi connectivity index (χ4v) is 4.79. The second-order valence-electron chi connectivity index (χ2n) is 7.01. The van der Waals surface area contributed by atoms with Gasteiger partial charge in [-0.2, -0.15) is 5.26 Å². The third kappa shape index (κ3) is 3.76. The van der Waals surface area contributed by atoms with Crippen LogP contribution in [-0.4, -0.2) is 18.5 Å². The van der Waals surface area contributed by atoms with Crippen LogP contribution in [-0.2, 0) is 22.4 Å². The van der Waals surface area contributed by atoms with E-state index >= 15 is 0 Å². The molecule has 0 spiro atoms. The van der Waals surface area contributed by atoms with Crippen LogP contribution in [0.5, 0.6) is 0 Å². The van der Waals surface area contributed by atoms with Gasteiger partial charge in [-0.15, -0.1) is 11.3 Å². The van der Waals surface area contributed by atoms with Crippen LogP contribution in [0.2, 0.25) is 0 Å². The van der Waals surface area contributed by atoms with E-state index in [1.807, 2.05) is 0 Å². The first-order valence-electron chi connectivity index (χ1n) is 8.90. The Kier molecular flexibility index (Phi) is 5.38. The van der Waals surface area contributed by atoms with Gasteiger partial charge in [-0.1, -0.05) is 6.92 Å². The number of nitrogens with zero attached hydrogens (tertiary/aromatic N) is 1. The van der Waals surface area contributed by atoms with Crippen molar-refractivity contribution in [2.75, 3.05) is 11.9 Å². The summed E-state index contributed by atoms with van der Waals surface area (Å²) in [6, 6.07) is 2.21. The van der Waals surface area contributed by atoms with Gasteiger partial charge in [-0.25, -0.2) is 4.79 Å². The largest absolute Gasteiger partial charge is 0.465 e. The van der Waals surface area contributed by atoms with Crippen LogP contribution in [0.1, 0.15) is 56.8 Å². The molecule has 0 aliphatic heterocycles. The maximum atomic E-state index is 12.3. The molecule has 1 N–H and O–H groups in total. The van der Waals surface area contributed by atoms with E-state index in [-0.39, 0.29) is 0 Å². The summed E-state index contributed by atoms with van der Waals surface area (Å²) in [6.45, 7) is 7.01. The van der Waals surface area contributed by atoms with Crippen molar-refractivity contribution < 1.29 is 18.7 Å². The molecule has 0 fully saturated rings. The first kappa shape index (κ1) is 19.2. The number of esters is 1. The van der Waals surface area contributed by atoms with Gasteiger partial charge in [0, 0.05) is 10.4 Å². The second-order valence-corrected chi connectivity index (χ2v) is 8.11. The minimum atomic E-state index is -0.586. The Morgan fingerprint density at radius 3 is 2.70 bits per heavy atom. The summed E-state index contributed by atoms with van der Waals surface area (Å²) < 4.78 is 10.6. The van der Waals surface area contributed by atoms with Gasteiger partial charge in [0.25, 0.3) is 5.91 Å². The number of anilines is 1. The third-order valence-corrected chi connectivity index (χ3v) is 6.15. The molecule has 0 aromatic carbocycles. The number of ether oxygens (including phenoxy) is 1. The Balaban J connectivity index is 1.67. The Morgan fingerprint density at radius 2 is 2.07 bits per heavy atom. The summed E-state index contributed by atoms with van der Waals surface area (Å²) in [6.07, 6.45) is 2.84. The van der Waals surface area contributed by atoms with Gasteiger partial charge in [0.15, 0.2) is 6.61 Å². The fraction of sp³-hybridized carbons (Fsp3) is 0.450. The highest BCUT2D eigenvalue weighted by atomic mass is 32.1. The van der Waals surface area contributed by atoms with Crippen molar-refractivity contribution in [3.63, 3.8) is 0 Å². The molecule has 0 unspecified atom stereocenters. The molecule has 0 saturated heterocycles. The van der Waals surface area contributed by atoms with Crippen LogP contribution >= 0.6 is 11.3 Å². The molecule has 2 aromatic rings. The molecule has 6 nitrogen and oxygen atoms in total. The molecular weight excluding hydrogens is 364 g/mol. The van der Waals surface area contributed by atoms with Crippen LogP contribution in [0.3, 0.4) is 0 Å². The van der Waals surface area contributed by atoms with Gasteiger partial charge in [0.2, 0.25) is 0 Å². The molecule has 0 saturated carbocycles. The molecule has 1 amide bonds. The minimum Gasteiger partial charge on any atom is -0.465 e. The molecule has 7 heteroatoms. The summed E-state index contributed by atoms with van der Waals surface area (Å²) in [7, 11) is 0. The summed E-state index contributed by atoms with van der Waals surface area (Å²) in [5, 5.41) is 12.8. The number of aryl methyl sites for hydroxylation is 2. The smallest absolute Gasteiger partial charge is 0.342 e. The van der Waals surface area contributed by atoms with E-state index in [1.165, 1.54) is 11.3 Å². The van der Waals surface area contributed by atoms with Crippen molar-refractivity contribution in [2.45, 2.75) is 47.0 Å². The highest BCUT2D eigenvalue weighted by Gasteiger charge is 2.25. The maximum absolute atomic E-state index is 12.3. The molecule has 2 aromatic heterocycles. The SMILES string of the molecule is Cc1oc(C)c(C(=O)OCC(=O)Nc2sc3c(c2C#N)CC[C@@H](C)C3)c1C. The van der Waals surface area contributed by atoms with Crippen molar-refractivity contribution in [2.24, 2.45) is 5.92 Å². The standard InChI is InChI=1S/C20H22N2O4S/c1-10-5-6-14-15(8-21)19(27-16(14)7-10)22-17(23)9-25-20(24)18-11(2)12(3)26-13(18)4/h10H,5-7,9H2,1-4H3,(H,22,23)/t10-/m1/s1. The van der Waals surface area contributed by atoms with Crippen LogP contribution in [0.4, 0.5) is 5.00 Å². The van der Waals surface area contributed by atoms with Gasteiger partial charge in [-0.3, -0.25) is 4.79 Å². The van der Waals surface area contributed by atoms with Gasteiger partial charge < -0.3 is 14.5 Å². The summed E-state index contributed by atoms with van der Waals surface area (Å²) in [4.78, 5) is 25.7. The molecule has 0 radical (unpaired) electrons. The maximum Gasteiger partial charge on any atom is 0.342 e. The number of thiophene rings is 1. The molecule has 3 rings (SSSR count). The van der Waals surface area contributed by atoms with Crippen molar-refractivity contribution in [3.05, 3.63) is 38.7 Å². The van der Waals surface area contributed by atoms with Crippen molar-refractivity contribution in [1.82, 2.24) is 0 Å². The number of fused-ring (bicyclic) bond motifs is 1. The average molecular weight is 386 g/mol. The number of carbonyl (C=O) groups is 2. The van der Waals surface area contributed by atoms with E-state index in [1.54, 1.807) is 20.8 Å². The van der Waals surface area contributed by atoms with E-state index < -0.39 is 18.5 Å². The Bertz CT molecular complexity index is 948. The normalized spacial score (nSPS) is 15.7. The molecule has 2 heterocycles. The van der Waals surface area contributed by atoms with Crippen molar-refractivity contribution in [1.29, 1.82) is 5.26 Å². The summed E-state index contributed by atoms with van der Waals surface area (Å²) >= 11 is 1.45. The zero-order valence-electron chi connectivity index (χ0n) is 15.9. The minimum absolute atomic E-state index is 0.360. The number of hydrogen-bond acceptors (Lipinski definition) is 6. The predicted octanol–water partition coefficient (Wildman–Crippen LogP) is 4.06. The Morgan fingerprint density at radius 1 is 1.33 bits per heavy atom. The molecule has 0 bridgehead atoms. The number of nitrogens with one attached hydrogen (secondary N) is 1. The van der Waals surface area contributed by atoms with Gasteiger partial charge in [0.05, 0.1) is 5.56 Å². The van der Waals surface area contributed by atoms with Crippen molar-refractivity contribution >= 4 is 28.2 Å². The first-order chi connectivity index (χ1) is 12.8. The van der Waals surface area contributed by atoms with Gasteiger partial charge in [0.1, 0.15) is 28.2 Å². The lowest BCUT2D eigenvalue weighted by atomic mass is 9.89. The highest BCUT2D eigenvalue weighted by Crippen LogP contribution is 2.39. The molecule has 1 aliphatic carbocycles. The monoisotopic (exact) mass is 386 g/mol. The lowest BCUT2D eigenvalue weighted by molar-refractivity contribution is -0.119. The van der Waals surface area contributed by atoms with Crippen molar-refractivity contribution in [3.8, 4) is 6.07 Å². The van der Waals surface area contributed by atoms with E-state index in [0.29, 0.717) is 39.1 Å². The van der Waals surface area contributed by atoms with E-state index in [2.05, 4.69) is 18.3 Å². The lowest BCUT2D eigenvalue weighted by Crippen LogP contribution is -2.21. The van der Waals surface area contributed by atoms with E-state index in [4.69, 9.17) is 9.15 Å². The lowest BCUT2D eigenvalue weighted by Gasteiger charge is -2.17. The molecule has 142 valence electrons. The third-order valence-electron chi connectivity index (χ3n) is 4.98. The number of nitriles is 1. The molecule has 27 heavy (non-hydrogen) atoms. The van der Waals surface area contributed by atoms with Crippen LogP contribution in [0.25, 0.3) is 0 Å². The van der Waals surface area contributed by atoms with Crippen LogP contribution in [0.15, 0.2) is 4.42 Å². The number of rotatable bonds is 4. The average Bonchev–Trinajstić information content (AvgIpc) is 3.07. The fourth-order valence-electron chi connectivity index (χ4n) is 3.42. The molecular formula is C20H22N2O4S. The number of carbonyl (C=O) groups excluding carboxylic acids is 2. The van der Waals surface area contributed by atoms with E-state index in [0.717, 1.165) is 29.7 Å². The summed E-state index contributed by atoms with van der Waals surface area (Å²) in [5.41, 5.74) is 2.66. The van der Waals surface area contributed by atoms with Gasteiger partial charge >= 0.3 is 5.97 Å². The zero-order chi connectivity index (χ0) is 19.7. The number of furan rings is 1. The summed E-state index contributed by atoms with van der Waals surface area (Å²) in [5.74, 6) is 0.666. The first-order valence-corrected chi connectivity index (χ1v) is 9.71. The van der Waals surface area contributed by atoms with E-state index in [9.17, 15) is 14.9 Å². The second kappa shape index (κ2) is 7.57. The Labute approximate surface area is 162 Å². The predicted molar refractivity (Wildman–Crippen MR) is 102 cm³/mol. The number of amides is 1. The quantitative estimate of drug-likeness (QED) is 0.800. The van der Waals surface area contributed by atoms with Crippen LogP contribution < -0.4 is 5.32 Å². The molecule has 1 aliphatic rings. The zero-order valence-corrected chi connectivity index (χ0v) is 16.7.